The molecule has 0 fully saturated rings. The van der Waals surface area contributed by atoms with E-state index in [-0.39, 0.29) is 17.0 Å². The highest BCUT2D eigenvalue weighted by molar-refractivity contribution is 6.35. The molecule has 0 heterocycles. The third-order valence-corrected chi connectivity index (χ3v) is 4.96. The van der Waals surface area contributed by atoms with Crippen LogP contribution in [-0.4, -0.2) is 64.1 Å². The van der Waals surface area contributed by atoms with Crippen LogP contribution in [0.25, 0.3) is 0 Å². The van der Waals surface area contributed by atoms with Gasteiger partial charge in [-0.05, 0) is 56.2 Å². The number of hydrogen-bond acceptors (Lipinski definition) is 9. The number of aliphatic hydroxyl groups is 1. The summed E-state index contributed by atoms with van der Waals surface area (Å²) in [5.74, 6) is -2.04. The van der Waals surface area contributed by atoms with E-state index in [0.29, 0.717) is 42.6 Å². The van der Waals surface area contributed by atoms with Gasteiger partial charge in [-0.1, -0.05) is 6.07 Å². The average molecular weight is 478 g/mol. The van der Waals surface area contributed by atoms with Gasteiger partial charge >= 0.3 is 5.91 Å². The molecule has 186 valence electrons. The lowest BCUT2D eigenvalue weighted by Gasteiger charge is -2.29. The minimum absolute atomic E-state index is 0.0781. The molecule has 2 aromatic carbocycles. The Morgan fingerprint density at radius 2 is 1.47 bits per heavy atom. The Morgan fingerprint density at radius 3 is 1.94 bits per heavy atom. The summed E-state index contributed by atoms with van der Waals surface area (Å²) in [7, 11) is 1.00. The number of phenols is 2. The first-order valence-corrected chi connectivity index (χ1v) is 10.9. The monoisotopic (exact) mass is 477 g/mol. The molecule has 0 saturated heterocycles. The van der Waals surface area contributed by atoms with Gasteiger partial charge in [0.15, 0.2) is 23.0 Å². The number of ketones is 1. The van der Waals surface area contributed by atoms with Crippen molar-refractivity contribution in [3.05, 3.63) is 41.5 Å². The predicted octanol–water partition coefficient (Wildman–Crippen LogP) is 2.53. The zero-order valence-corrected chi connectivity index (χ0v) is 19.7. The van der Waals surface area contributed by atoms with E-state index in [4.69, 9.17) is 14.2 Å². The lowest BCUT2D eigenvalue weighted by molar-refractivity contribution is -0.167. The second-order valence-electron chi connectivity index (χ2n) is 7.56. The van der Waals surface area contributed by atoms with Crippen LogP contribution in [0.15, 0.2) is 30.3 Å². The van der Waals surface area contributed by atoms with Crippen LogP contribution in [0.2, 0.25) is 0 Å². The second-order valence-corrected chi connectivity index (χ2v) is 7.56. The molecule has 0 aromatic heterocycles. The number of phenolic OH excluding ortho intramolecular Hbond substituents is 2. The van der Waals surface area contributed by atoms with E-state index in [9.17, 15) is 30.1 Å². The smallest absolute Gasteiger partial charge is 0.313 e. The fourth-order valence-electron chi connectivity index (χ4n) is 3.48. The van der Waals surface area contributed by atoms with Crippen molar-refractivity contribution in [3.63, 3.8) is 0 Å². The van der Waals surface area contributed by atoms with Gasteiger partial charge in [0, 0.05) is 19.9 Å². The lowest BCUT2D eigenvalue weighted by atomic mass is 9.82. The van der Waals surface area contributed by atoms with Crippen molar-refractivity contribution < 1.29 is 44.3 Å². The SMILES string of the molecule is CCOc1cc(CC(O)(CC(=O)C(=O)N(C)O)c2ccc(O)c(O)c2)cc(OCC)c1OCC. The lowest BCUT2D eigenvalue weighted by Crippen LogP contribution is -2.38. The van der Waals surface area contributed by atoms with Crippen molar-refractivity contribution in [1.82, 2.24) is 5.06 Å². The number of hydroxylamine groups is 2. The van der Waals surface area contributed by atoms with E-state index >= 15 is 0 Å². The van der Waals surface area contributed by atoms with Crippen LogP contribution in [0.4, 0.5) is 0 Å². The van der Waals surface area contributed by atoms with Crippen LogP contribution in [0, 0.1) is 0 Å². The minimum atomic E-state index is -1.99. The molecule has 0 aliphatic heterocycles. The summed E-state index contributed by atoms with van der Waals surface area (Å²) in [5.41, 5.74) is -1.43. The quantitative estimate of drug-likeness (QED) is 0.157. The Labute approximate surface area is 197 Å². The zero-order valence-electron chi connectivity index (χ0n) is 19.7. The first kappa shape index (κ1) is 26.7. The van der Waals surface area contributed by atoms with E-state index in [1.54, 1.807) is 26.0 Å². The summed E-state index contributed by atoms with van der Waals surface area (Å²) in [5, 5.41) is 40.7. The van der Waals surface area contributed by atoms with Crippen LogP contribution in [0.3, 0.4) is 0 Å². The molecule has 1 unspecified atom stereocenters. The maximum Gasteiger partial charge on any atom is 0.313 e. The zero-order chi connectivity index (χ0) is 25.5. The van der Waals surface area contributed by atoms with Crippen LogP contribution in [0.5, 0.6) is 28.7 Å². The highest BCUT2D eigenvalue weighted by atomic mass is 16.5. The first-order valence-electron chi connectivity index (χ1n) is 10.9. The average Bonchev–Trinajstić information content (AvgIpc) is 2.77. The maximum absolute atomic E-state index is 12.5. The summed E-state index contributed by atoms with van der Waals surface area (Å²) in [6.07, 6.45) is -0.903. The van der Waals surface area contributed by atoms with E-state index in [0.717, 1.165) is 19.2 Å². The molecular formula is C24H31NO9. The second kappa shape index (κ2) is 11.6. The maximum atomic E-state index is 12.5. The fourth-order valence-corrected chi connectivity index (χ4v) is 3.48. The molecular weight excluding hydrogens is 446 g/mol. The van der Waals surface area contributed by atoms with Crippen molar-refractivity contribution in [2.45, 2.75) is 39.2 Å². The number of nitrogens with zero attached hydrogens (tertiary/aromatic N) is 1. The Hall–Kier alpha value is -3.50. The number of carbonyl (C=O) groups is 2. The molecule has 2 rings (SSSR count). The number of ether oxygens (including phenoxy) is 3. The van der Waals surface area contributed by atoms with E-state index in [1.165, 1.54) is 6.07 Å². The Morgan fingerprint density at radius 1 is 0.912 bits per heavy atom. The summed E-state index contributed by atoms with van der Waals surface area (Å²) in [6, 6.07) is 6.86. The van der Waals surface area contributed by atoms with Gasteiger partial charge in [0.2, 0.25) is 11.5 Å². The Kier molecular flexibility index (Phi) is 9.11. The highest BCUT2D eigenvalue weighted by Crippen LogP contribution is 2.42. The predicted molar refractivity (Wildman–Crippen MR) is 122 cm³/mol. The minimum Gasteiger partial charge on any atom is -0.504 e. The number of carbonyl (C=O) groups excluding carboxylic acids is 2. The third kappa shape index (κ3) is 6.30. The van der Waals surface area contributed by atoms with Crippen molar-refractivity contribution in [1.29, 1.82) is 0 Å². The molecule has 10 heteroatoms. The summed E-state index contributed by atoms with van der Waals surface area (Å²) in [6.45, 7) is 6.45. The molecule has 0 spiro atoms. The molecule has 0 radical (unpaired) electrons. The summed E-state index contributed by atoms with van der Waals surface area (Å²) in [4.78, 5) is 24.5. The van der Waals surface area contributed by atoms with Crippen LogP contribution in [0.1, 0.15) is 38.3 Å². The molecule has 0 saturated carbocycles. The number of rotatable bonds is 12. The molecule has 1 atom stereocenters. The van der Waals surface area contributed by atoms with Crippen LogP contribution >= 0.6 is 0 Å². The fraction of sp³-hybridized carbons (Fsp3) is 0.417. The van der Waals surface area contributed by atoms with Gasteiger partial charge in [0.05, 0.1) is 19.8 Å². The number of likely N-dealkylation sites (N-methyl/N-ethyl adjacent to an activating group) is 1. The molecule has 10 nitrogen and oxygen atoms in total. The van der Waals surface area contributed by atoms with Crippen LogP contribution < -0.4 is 14.2 Å². The Bertz CT molecular complexity index is 994. The van der Waals surface area contributed by atoms with Crippen LogP contribution in [-0.2, 0) is 21.6 Å². The number of benzene rings is 2. The van der Waals surface area contributed by atoms with Gasteiger partial charge in [0.1, 0.15) is 5.60 Å². The van der Waals surface area contributed by atoms with E-state index in [1.807, 2.05) is 6.92 Å². The van der Waals surface area contributed by atoms with Crippen molar-refractivity contribution in [3.8, 4) is 28.7 Å². The molecule has 34 heavy (non-hydrogen) atoms. The third-order valence-electron chi connectivity index (χ3n) is 4.96. The molecule has 1 amide bonds. The molecule has 0 aliphatic rings. The van der Waals surface area contributed by atoms with Gasteiger partial charge < -0.3 is 29.5 Å². The van der Waals surface area contributed by atoms with Gasteiger partial charge in [-0.25, -0.2) is 5.06 Å². The van der Waals surface area contributed by atoms with Gasteiger partial charge in [-0.15, -0.1) is 0 Å². The molecule has 0 aliphatic carbocycles. The topological polar surface area (TPSA) is 146 Å². The number of Topliss-reactive ketones (excluding diaryl/α,β-unsaturated/α-hetero) is 1. The summed E-state index contributed by atoms with van der Waals surface area (Å²) >= 11 is 0. The number of hydrogen-bond donors (Lipinski definition) is 4. The molecule has 0 bridgehead atoms. The number of aromatic hydroxyl groups is 2. The molecule has 2 aromatic rings. The van der Waals surface area contributed by atoms with Crippen molar-refractivity contribution in [2.75, 3.05) is 26.9 Å². The van der Waals surface area contributed by atoms with Crippen molar-refractivity contribution in [2.24, 2.45) is 0 Å². The standard InChI is InChI=1S/C24H31NO9/c1-5-32-20-10-15(11-21(33-6-2)22(20)34-7-3)13-24(30,14-19(28)23(29)25(4)31)16-8-9-17(26)18(27)12-16/h8-12,26-27,30-31H,5-7,13-14H2,1-4H3. The number of amides is 1. The van der Waals surface area contributed by atoms with Crippen molar-refractivity contribution >= 4 is 11.7 Å². The van der Waals surface area contributed by atoms with Gasteiger partial charge in [-0.2, -0.15) is 0 Å². The Balaban J connectivity index is 2.60. The van der Waals surface area contributed by atoms with E-state index < -0.39 is 35.2 Å². The highest BCUT2D eigenvalue weighted by Gasteiger charge is 2.36. The molecule has 4 N–H and O–H groups in total. The normalized spacial score (nSPS) is 12.5. The van der Waals surface area contributed by atoms with Gasteiger partial charge in [0.25, 0.3) is 0 Å². The van der Waals surface area contributed by atoms with E-state index in [2.05, 4.69) is 0 Å². The first-order chi connectivity index (χ1) is 16.1. The largest absolute Gasteiger partial charge is 0.504 e. The summed E-state index contributed by atoms with van der Waals surface area (Å²) < 4.78 is 17.1. The van der Waals surface area contributed by atoms with Gasteiger partial charge in [-0.3, -0.25) is 14.8 Å².